The molecule has 0 aromatic heterocycles. The molecule has 0 aliphatic carbocycles. The number of hydrogen-bond donors (Lipinski definition) is 1. The molecule has 1 N–H and O–H groups in total. The number of rotatable bonds is 7. The summed E-state index contributed by atoms with van der Waals surface area (Å²) in [4.78, 5) is 0. The number of halogens is 4. The van der Waals surface area contributed by atoms with Gasteiger partial charge in [0.2, 0.25) is 0 Å². The van der Waals surface area contributed by atoms with Gasteiger partial charge in [0.15, 0.2) is 11.6 Å². The van der Waals surface area contributed by atoms with E-state index in [0.717, 1.165) is 0 Å². The van der Waals surface area contributed by atoms with Crippen LogP contribution in [0.15, 0.2) is 18.2 Å². The molecule has 0 saturated carbocycles. The van der Waals surface area contributed by atoms with Gasteiger partial charge in [-0.3, -0.25) is 4.74 Å². The van der Waals surface area contributed by atoms with Gasteiger partial charge in [-0.1, -0.05) is 26.0 Å². The van der Waals surface area contributed by atoms with E-state index in [2.05, 4.69) is 10.1 Å². The number of ether oxygens (including phenoxy) is 2. The minimum atomic E-state index is -4.71. The summed E-state index contributed by atoms with van der Waals surface area (Å²) in [7, 11) is 0. The highest BCUT2D eigenvalue weighted by molar-refractivity contribution is 5.34. The molecule has 0 fully saturated rings. The zero-order chi connectivity index (χ0) is 15.2. The van der Waals surface area contributed by atoms with Crippen molar-refractivity contribution in [1.29, 1.82) is 0 Å². The van der Waals surface area contributed by atoms with Crippen LogP contribution < -0.4 is 10.1 Å². The van der Waals surface area contributed by atoms with Crippen molar-refractivity contribution in [3.05, 3.63) is 29.6 Å². The molecule has 0 bridgehead atoms. The molecular formula is C13H17F4NO2. The summed E-state index contributed by atoms with van der Waals surface area (Å²) >= 11 is 0. The Hall–Kier alpha value is -1.34. The molecule has 0 aliphatic rings. The van der Waals surface area contributed by atoms with E-state index in [1.807, 2.05) is 13.8 Å². The average molecular weight is 295 g/mol. The van der Waals surface area contributed by atoms with Crippen molar-refractivity contribution in [2.45, 2.75) is 32.8 Å². The van der Waals surface area contributed by atoms with E-state index >= 15 is 0 Å². The number of benzene rings is 1. The van der Waals surface area contributed by atoms with Gasteiger partial charge < -0.3 is 10.1 Å². The van der Waals surface area contributed by atoms with Gasteiger partial charge in [0.1, 0.15) is 6.61 Å². The molecule has 1 rings (SSSR count). The fraction of sp³-hybridized carbons (Fsp3) is 0.538. The molecular weight excluding hydrogens is 278 g/mol. The van der Waals surface area contributed by atoms with Crippen LogP contribution in [0.4, 0.5) is 17.6 Å². The summed E-state index contributed by atoms with van der Waals surface area (Å²) in [6, 6.07) is 4.56. The maximum absolute atomic E-state index is 13.6. The van der Waals surface area contributed by atoms with E-state index in [0.29, 0.717) is 12.1 Å². The fourth-order valence-corrected chi connectivity index (χ4v) is 1.47. The van der Waals surface area contributed by atoms with E-state index < -0.39 is 18.8 Å². The first-order valence-corrected chi connectivity index (χ1v) is 6.14. The Kier molecular flexibility index (Phi) is 6.22. The zero-order valence-corrected chi connectivity index (χ0v) is 11.3. The predicted molar refractivity (Wildman–Crippen MR) is 65.9 cm³/mol. The Morgan fingerprint density at radius 3 is 2.50 bits per heavy atom. The van der Waals surface area contributed by atoms with Gasteiger partial charge in [0.25, 0.3) is 0 Å². The summed E-state index contributed by atoms with van der Waals surface area (Å²) in [6.45, 7) is 3.16. The molecule has 0 spiro atoms. The number of para-hydroxylation sites is 1. The van der Waals surface area contributed by atoms with Crippen LogP contribution in [0, 0.1) is 5.82 Å². The Labute approximate surface area is 114 Å². The van der Waals surface area contributed by atoms with Gasteiger partial charge in [-0.25, -0.2) is 4.39 Å². The largest absolute Gasteiger partial charge is 0.522 e. The second-order valence-corrected chi connectivity index (χ2v) is 4.41. The van der Waals surface area contributed by atoms with Crippen LogP contribution in [0.1, 0.15) is 19.4 Å². The van der Waals surface area contributed by atoms with Crippen molar-refractivity contribution in [3.8, 4) is 5.75 Å². The lowest BCUT2D eigenvalue weighted by atomic mass is 10.2. The van der Waals surface area contributed by atoms with Crippen LogP contribution in [0.25, 0.3) is 0 Å². The predicted octanol–water partition coefficient (Wildman–Crippen LogP) is 3.24. The van der Waals surface area contributed by atoms with E-state index in [9.17, 15) is 17.6 Å². The molecule has 1 aromatic carbocycles. The van der Waals surface area contributed by atoms with Gasteiger partial charge in [0, 0.05) is 18.2 Å². The van der Waals surface area contributed by atoms with E-state index in [1.165, 1.54) is 12.1 Å². The Morgan fingerprint density at radius 1 is 1.20 bits per heavy atom. The summed E-state index contributed by atoms with van der Waals surface area (Å²) in [5.74, 6) is -0.661. The topological polar surface area (TPSA) is 30.5 Å². The Morgan fingerprint density at radius 2 is 1.90 bits per heavy atom. The first-order chi connectivity index (χ1) is 9.29. The standard InChI is InChI=1S/C13H17F4NO2/c1-9(2)18-8-10-4-3-5-11(14)12(10)19-6-7-20-13(15,16)17/h3-5,9,18H,6-8H2,1-2H3. The van der Waals surface area contributed by atoms with Crippen molar-refractivity contribution < 1.29 is 27.0 Å². The van der Waals surface area contributed by atoms with Crippen LogP contribution in [0.3, 0.4) is 0 Å². The van der Waals surface area contributed by atoms with E-state index in [4.69, 9.17) is 4.74 Å². The number of alkyl halides is 3. The summed E-state index contributed by atoms with van der Waals surface area (Å²) in [5, 5.41) is 3.09. The lowest BCUT2D eigenvalue weighted by Gasteiger charge is -2.15. The quantitative estimate of drug-likeness (QED) is 0.619. The minimum absolute atomic E-state index is 0.0496. The van der Waals surface area contributed by atoms with Crippen molar-refractivity contribution >= 4 is 0 Å². The molecule has 114 valence electrons. The highest BCUT2D eigenvalue weighted by atomic mass is 19.4. The van der Waals surface area contributed by atoms with E-state index in [-0.39, 0.29) is 18.4 Å². The molecule has 0 amide bonds. The molecule has 0 atom stereocenters. The maximum Gasteiger partial charge on any atom is 0.522 e. The van der Waals surface area contributed by atoms with Crippen LogP contribution in [0.2, 0.25) is 0 Å². The second-order valence-electron chi connectivity index (χ2n) is 4.41. The Balaban J connectivity index is 2.58. The lowest BCUT2D eigenvalue weighted by molar-refractivity contribution is -0.325. The summed E-state index contributed by atoms with van der Waals surface area (Å²) in [6.07, 6.45) is -4.71. The third-order valence-electron chi connectivity index (χ3n) is 2.34. The SMILES string of the molecule is CC(C)NCc1cccc(F)c1OCCOC(F)(F)F. The van der Waals surface area contributed by atoms with Gasteiger partial charge in [0.05, 0.1) is 6.61 Å². The molecule has 7 heteroatoms. The van der Waals surface area contributed by atoms with Crippen molar-refractivity contribution in [1.82, 2.24) is 5.32 Å². The summed E-state index contributed by atoms with van der Waals surface area (Å²) < 4.78 is 57.6. The Bertz CT molecular complexity index is 421. The van der Waals surface area contributed by atoms with Crippen LogP contribution in [0.5, 0.6) is 5.75 Å². The normalized spacial score (nSPS) is 11.9. The first-order valence-electron chi connectivity index (χ1n) is 6.14. The lowest BCUT2D eigenvalue weighted by Crippen LogP contribution is -2.23. The van der Waals surface area contributed by atoms with Gasteiger partial charge in [-0.15, -0.1) is 13.2 Å². The number of nitrogens with one attached hydrogen (secondary N) is 1. The van der Waals surface area contributed by atoms with Gasteiger partial charge in [-0.05, 0) is 6.07 Å². The van der Waals surface area contributed by atoms with Crippen molar-refractivity contribution in [2.75, 3.05) is 13.2 Å². The van der Waals surface area contributed by atoms with Crippen molar-refractivity contribution in [2.24, 2.45) is 0 Å². The van der Waals surface area contributed by atoms with E-state index in [1.54, 1.807) is 6.07 Å². The third kappa shape index (κ3) is 6.21. The van der Waals surface area contributed by atoms with Gasteiger partial charge >= 0.3 is 6.36 Å². The molecule has 3 nitrogen and oxygen atoms in total. The highest BCUT2D eigenvalue weighted by Crippen LogP contribution is 2.23. The summed E-state index contributed by atoms with van der Waals surface area (Å²) in [5.41, 5.74) is 0.547. The smallest absolute Gasteiger partial charge is 0.488 e. The van der Waals surface area contributed by atoms with Crippen LogP contribution in [-0.4, -0.2) is 25.6 Å². The molecule has 0 aliphatic heterocycles. The number of hydrogen-bond acceptors (Lipinski definition) is 3. The van der Waals surface area contributed by atoms with Crippen molar-refractivity contribution in [3.63, 3.8) is 0 Å². The molecule has 0 unspecified atom stereocenters. The molecule has 0 radical (unpaired) electrons. The average Bonchev–Trinajstić information content (AvgIpc) is 2.32. The minimum Gasteiger partial charge on any atom is -0.488 e. The zero-order valence-electron chi connectivity index (χ0n) is 11.3. The van der Waals surface area contributed by atoms with Gasteiger partial charge in [-0.2, -0.15) is 0 Å². The molecule has 0 heterocycles. The molecule has 0 saturated heterocycles. The van der Waals surface area contributed by atoms with Crippen LogP contribution >= 0.6 is 0 Å². The fourth-order valence-electron chi connectivity index (χ4n) is 1.47. The molecule has 1 aromatic rings. The van der Waals surface area contributed by atoms with Crippen LogP contribution in [-0.2, 0) is 11.3 Å². The maximum atomic E-state index is 13.6. The highest BCUT2D eigenvalue weighted by Gasteiger charge is 2.28. The second kappa shape index (κ2) is 7.44. The monoisotopic (exact) mass is 295 g/mol. The third-order valence-corrected chi connectivity index (χ3v) is 2.34. The first kappa shape index (κ1) is 16.7. The molecule has 20 heavy (non-hydrogen) atoms.